The number of carboxylic acids is 1. The van der Waals surface area contributed by atoms with Gasteiger partial charge in [-0.25, -0.2) is 0 Å². The van der Waals surface area contributed by atoms with E-state index in [0.29, 0.717) is 0 Å². The van der Waals surface area contributed by atoms with Crippen molar-refractivity contribution in [2.24, 2.45) is 0 Å². The molecule has 0 atom stereocenters. The summed E-state index contributed by atoms with van der Waals surface area (Å²) in [5.41, 5.74) is 3.64. The van der Waals surface area contributed by atoms with Crippen molar-refractivity contribution in [3.05, 3.63) is 71.5 Å². The van der Waals surface area contributed by atoms with E-state index in [1.807, 2.05) is 12.3 Å². The molecule has 0 saturated carbocycles. The molecule has 0 aliphatic heterocycles. The van der Waals surface area contributed by atoms with Gasteiger partial charge in [-0.3, -0.25) is 9.78 Å². The standard InChI is InChI=1S/C22H23NO2S/c1-4-15-9-10-16(19-8-6-5-7-18(15)19)13-17-14-23-12-11-20(17)26-22(2,3)21(24)25/h5-12,14H,4,13H2,1-3H3,(H,24,25). The molecule has 0 saturated heterocycles. The summed E-state index contributed by atoms with van der Waals surface area (Å²) in [6.45, 7) is 5.64. The molecule has 0 unspecified atom stereocenters. The molecule has 0 aliphatic rings. The molecule has 0 radical (unpaired) electrons. The summed E-state index contributed by atoms with van der Waals surface area (Å²) < 4.78 is -0.885. The van der Waals surface area contributed by atoms with E-state index in [1.54, 1.807) is 20.0 Å². The number of aliphatic carboxylic acids is 1. The first-order valence-corrected chi connectivity index (χ1v) is 9.59. The lowest BCUT2D eigenvalue weighted by Gasteiger charge is -2.20. The van der Waals surface area contributed by atoms with E-state index in [9.17, 15) is 9.90 Å². The molecule has 2 aromatic carbocycles. The Kier molecular flexibility index (Phi) is 5.33. The summed E-state index contributed by atoms with van der Waals surface area (Å²) in [5, 5.41) is 12.0. The highest BCUT2D eigenvalue weighted by atomic mass is 32.2. The first-order valence-electron chi connectivity index (χ1n) is 8.77. The molecule has 4 heteroatoms. The smallest absolute Gasteiger partial charge is 0.319 e. The van der Waals surface area contributed by atoms with Gasteiger partial charge >= 0.3 is 5.97 Å². The highest BCUT2D eigenvalue weighted by Gasteiger charge is 2.29. The van der Waals surface area contributed by atoms with Crippen molar-refractivity contribution in [1.29, 1.82) is 0 Å². The molecular formula is C22H23NO2S. The van der Waals surface area contributed by atoms with Crippen molar-refractivity contribution >= 4 is 28.5 Å². The summed E-state index contributed by atoms with van der Waals surface area (Å²) in [7, 11) is 0. The van der Waals surface area contributed by atoms with Crippen LogP contribution in [0, 0.1) is 0 Å². The number of thioether (sulfide) groups is 1. The molecule has 0 bridgehead atoms. The highest BCUT2D eigenvalue weighted by molar-refractivity contribution is 8.01. The number of pyridine rings is 1. The van der Waals surface area contributed by atoms with Crippen LogP contribution in [0.4, 0.5) is 0 Å². The normalized spacial score (nSPS) is 11.7. The van der Waals surface area contributed by atoms with Gasteiger partial charge < -0.3 is 5.11 Å². The molecule has 1 aromatic heterocycles. The molecule has 134 valence electrons. The number of nitrogens with zero attached hydrogens (tertiary/aromatic N) is 1. The zero-order valence-electron chi connectivity index (χ0n) is 15.3. The van der Waals surface area contributed by atoms with Gasteiger partial charge in [0.2, 0.25) is 0 Å². The fourth-order valence-corrected chi connectivity index (χ4v) is 4.08. The van der Waals surface area contributed by atoms with E-state index in [1.165, 1.54) is 33.7 Å². The predicted molar refractivity (Wildman–Crippen MR) is 108 cm³/mol. The van der Waals surface area contributed by atoms with Crippen LogP contribution in [0.15, 0.2) is 59.8 Å². The second-order valence-corrected chi connectivity index (χ2v) is 8.53. The summed E-state index contributed by atoms with van der Waals surface area (Å²) in [5.74, 6) is -0.817. The molecule has 1 N–H and O–H groups in total. The first kappa shape index (κ1) is 18.5. The maximum Gasteiger partial charge on any atom is 0.319 e. The fraction of sp³-hybridized carbons (Fsp3) is 0.273. The van der Waals surface area contributed by atoms with Crippen molar-refractivity contribution in [2.45, 2.75) is 43.3 Å². The van der Waals surface area contributed by atoms with Crippen LogP contribution in [0.2, 0.25) is 0 Å². The number of rotatable bonds is 6. The van der Waals surface area contributed by atoms with Gasteiger partial charge in [-0.05, 0) is 53.8 Å². The Morgan fingerprint density at radius 2 is 1.69 bits per heavy atom. The Morgan fingerprint density at radius 3 is 2.35 bits per heavy atom. The monoisotopic (exact) mass is 365 g/mol. The number of carboxylic acid groups (broad SMARTS) is 1. The van der Waals surface area contributed by atoms with Gasteiger partial charge in [0.25, 0.3) is 0 Å². The van der Waals surface area contributed by atoms with Crippen LogP contribution in [0.3, 0.4) is 0 Å². The van der Waals surface area contributed by atoms with Gasteiger partial charge in [0.05, 0.1) is 0 Å². The zero-order chi connectivity index (χ0) is 18.7. The van der Waals surface area contributed by atoms with Gasteiger partial charge in [-0.1, -0.05) is 43.3 Å². The van der Waals surface area contributed by atoms with Crippen molar-refractivity contribution < 1.29 is 9.90 Å². The lowest BCUT2D eigenvalue weighted by atomic mass is 9.95. The molecule has 0 fully saturated rings. The fourth-order valence-electron chi connectivity index (χ4n) is 3.06. The maximum absolute atomic E-state index is 11.5. The minimum Gasteiger partial charge on any atom is -0.480 e. The minimum absolute atomic E-state index is 0.733. The summed E-state index contributed by atoms with van der Waals surface area (Å²) >= 11 is 1.37. The van der Waals surface area contributed by atoms with Gasteiger partial charge in [0.15, 0.2) is 0 Å². The molecule has 3 aromatic rings. The van der Waals surface area contributed by atoms with Gasteiger partial charge in [-0.2, -0.15) is 0 Å². The number of fused-ring (bicyclic) bond motifs is 1. The van der Waals surface area contributed by atoms with Crippen molar-refractivity contribution in [3.63, 3.8) is 0 Å². The number of hydrogen-bond acceptors (Lipinski definition) is 3. The average Bonchev–Trinajstić information content (AvgIpc) is 2.63. The van der Waals surface area contributed by atoms with Crippen LogP contribution in [0.1, 0.15) is 37.5 Å². The summed E-state index contributed by atoms with van der Waals surface area (Å²) in [6, 6.07) is 14.8. The van der Waals surface area contributed by atoms with Crippen LogP contribution in [0.5, 0.6) is 0 Å². The van der Waals surface area contributed by atoms with Crippen LogP contribution in [-0.2, 0) is 17.6 Å². The second-order valence-electron chi connectivity index (χ2n) is 6.86. The maximum atomic E-state index is 11.5. The van der Waals surface area contributed by atoms with E-state index >= 15 is 0 Å². The minimum atomic E-state index is -0.885. The number of hydrogen-bond donors (Lipinski definition) is 1. The predicted octanol–water partition coefficient (Wildman–Crippen LogP) is 5.34. The average molecular weight is 365 g/mol. The van der Waals surface area contributed by atoms with Crippen LogP contribution in [0.25, 0.3) is 10.8 Å². The third kappa shape index (κ3) is 3.75. The van der Waals surface area contributed by atoms with E-state index < -0.39 is 10.7 Å². The molecule has 0 amide bonds. The molecule has 0 aliphatic carbocycles. The summed E-state index contributed by atoms with van der Waals surface area (Å²) in [4.78, 5) is 16.7. The molecule has 1 heterocycles. The second kappa shape index (κ2) is 7.50. The van der Waals surface area contributed by atoms with Crippen molar-refractivity contribution in [1.82, 2.24) is 4.98 Å². The molecule has 0 spiro atoms. The Labute approximate surface area is 158 Å². The van der Waals surface area contributed by atoms with E-state index in [-0.39, 0.29) is 0 Å². The molecule has 3 nitrogen and oxygen atoms in total. The molecular weight excluding hydrogens is 342 g/mol. The quantitative estimate of drug-likeness (QED) is 0.599. The first-order chi connectivity index (χ1) is 12.4. The van der Waals surface area contributed by atoms with Crippen LogP contribution in [-0.4, -0.2) is 20.8 Å². The van der Waals surface area contributed by atoms with Crippen molar-refractivity contribution in [3.8, 4) is 0 Å². The number of benzene rings is 2. The SMILES string of the molecule is CCc1ccc(Cc2cnccc2SC(C)(C)C(=O)O)c2ccccc12. The van der Waals surface area contributed by atoms with Gasteiger partial charge in [0, 0.05) is 23.7 Å². The third-order valence-corrected chi connectivity index (χ3v) is 5.91. The summed E-state index contributed by atoms with van der Waals surface area (Å²) in [6.07, 6.45) is 5.31. The zero-order valence-corrected chi connectivity index (χ0v) is 16.1. The lowest BCUT2D eigenvalue weighted by Crippen LogP contribution is -2.27. The molecule has 26 heavy (non-hydrogen) atoms. The number of aryl methyl sites for hydroxylation is 1. The lowest BCUT2D eigenvalue weighted by molar-refractivity contribution is -0.138. The molecule has 3 rings (SSSR count). The van der Waals surface area contributed by atoms with Gasteiger partial charge in [0.1, 0.15) is 4.75 Å². The Bertz CT molecular complexity index is 950. The van der Waals surface area contributed by atoms with Gasteiger partial charge in [-0.15, -0.1) is 11.8 Å². The van der Waals surface area contributed by atoms with E-state index in [2.05, 4.69) is 48.3 Å². The van der Waals surface area contributed by atoms with Crippen LogP contribution < -0.4 is 0 Å². The van der Waals surface area contributed by atoms with E-state index in [4.69, 9.17) is 0 Å². The van der Waals surface area contributed by atoms with Crippen molar-refractivity contribution in [2.75, 3.05) is 0 Å². The Hall–Kier alpha value is -2.33. The topological polar surface area (TPSA) is 50.2 Å². The Balaban J connectivity index is 2.01. The number of aromatic nitrogens is 1. The third-order valence-electron chi connectivity index (χ3n) is 4.61. The van der Waals surface area contributed by atoms with Crippen LogP contribution >= 0.6 is 11.8 Å². The largest absolute Gasteiger partial charge is 0.480 e. The highest BCUT2D eigenvalue weighted by Crippen LogP contribution is 2.36. The Morgan fingerprint density at radius 1 is 1.04 bits per heavy atom. The van der Waals surface area contributed by atoms with E-state index in [0.717, 1.165) is 23.3 Å². The number of carbonyl (C=O) groups is 1.